The number of nitrogens with one attached hydrogen (secondary N) is 1. The zero-order valence-corrected chi connectivity index (χ0v) is 18.8. The molecule has 4 rings (SSSR count). The summed E-state index contributed by atoms with van der Waals surface area (Å²) in [6.45, 7) is 3.08. The number of carbonyl (C=O) groups excluding carboxylic acids is 2. The Hall–Kier alpha value is -3.35. The third kappa shape index (κ3) is 5.02. The van der Waals surface area contributed by atoms with Crippen LogP contribution in [0.1, 0.15) is 49.7 Å². The number of fused-ring (bicyclic) bond motifs is 3. The van der Waals surface area contributed by atoms with Gasteiger partial charge in [-0.25, -0.2) is 4.79 Å². The van der Waals surface area contributed by atoms with Crippen LogP contribution in [0.5, 0.6) is 0 Å². The van der Waals surface area contributed by atoms with E-state index < -0.39 is 18.1 Å². The van der Waals surface area contributed by atoms with Crippen LogP contribution >= 0.6 is 0 Å². The minimum Gasteiger partial charge on any atom is -0.481 e. The van der Waals surface area contributed by atoms with Crippen molar-refractivity contribution in [1.29, 1.82) is 0 Å². The van der Waals surface area contributed by atoms with Crippen LogP contribution < -0.4 is 5.32 Å². The summed E-state index contributed by atoms with van der Waals surface area (Å²) in [6.07, 6.45) is 1.33. The maximum absolute atomic E-state index is 12.9. The number of carbonyl (C=O) groups is 3. The van der Waals surface area contributed by atoms with Gasteiger partial charge in [0, 0.05) is 25.4 Å². The summed E-state index contributed by atoms with van der Waals surface area (Å²) in [5.41, 5.74) is 4.60. The topological polar surface area (TPSA) is 95.9 Å². The number of aliphatic carboxylic acids is 1. The lowest BCUT2D eigenvalue weighted by Crippen LogP contribution is -2.50. The molecular formula is C26H30N2O5. The Morgan fingerprint density at radius 3 is 2.15 bits per heavy atom. The second kappa shape index (κ2) is 10.1. The van der Waals surface area contributed by atoms with E-state index in [1.807, 2.05) is 31.2 Å². The molecule has 0 unspecified atom stereocenters. The minimum atomic E-state index is -0.803. The van der Waals surface area contributed by atoms with E-state index in [4.69, 9.17) is 9.84 Å². The number of hydrogen-bond acceptors (Lipinski definition) is 4. The molecule has 2 amide bonds. The third-order valence-corrected chi connectivity index (χ3v) is 6.73. The smallest absolute Gasteiger partial charge is 0.407 e. The van der Waals surface area contributed by atoms with Gasteiger partial charge in [0.1, 0.15) is 12.6 Å². The highest BCUT2D eigenvalue weighted by Crippen LogP contribution is 2.44. The molecule has 0 bridgehead atoms. The molecule has 0 saturated carbocycles. The lowest BCUT2D eigenvalue weighted by Gasteiger charge is -2.33. The van der Waals surface area contributed by atoms with Crippen molar-refractivity contribution < 1.29 is 24.2 Å². The number of alkyl carbamates (subject to hydrolysis) is 1. The molecule has 2 aromatic rings. The van der Waals surface area contributed by atoms with Gasteiger partial charge >= 0.3 is 12.1 Å². The monoisotopic (exact) mass is 450 g/mol. The number of ether oxygens (including phenoxy) is 1. The average molecular weight is 451 g/mol. The maximum atomic E-state index is 12.9. The van der Waals surface area contributed by atoms with E-state index in [1.54, 1.807) is 4.90 Å². The van der Waals surface area contributed by atoms with Gasteiger partial charge in [0.2, 0.25) is 5.91 Å². The van der Waals surface area contributed by atoms with Gasteiger partial charge in [0.15, 0.2) is 0 Å². The molecular weight excluding hydrogens is 420 g/mol. The number of carboxylic acid groups (broad SMARTS) is 1. The Bertz CT molecular complexity index is 983. The number of likely N-dealkylation sites (tertiary alicyclic amines) is 1. The molecule has 0 radical (unpaired) electrons. The van der Waals surface area contributed by atoms with Crippen molar-refractivity contribution in [3.63, 3.8) is 0 Å². The number of nitrogens with zero attached hydrogens (tertiary/aromatic N) is 1. The largest absolute Gasteiger partial charge is 0.481 e. The fourth-order valence-corrected chi connectivity index (χ4v) is 4.95. The Labute approximate surface area is 193 Å². The highest BCUT2D eigenvalue weighted by molar-refractivity contribution is 5.86. The highest BCUT2D eigenvalue weighted by Gasteiger charge is 2.31. The Morgan fingerprint density at radius 2 is 1.61 bits per heavy atom. The number of piperidine rings is 1. The number of carboxylic acids is 1. The first-order valence-corrected chi connectivity index (χ1v) is 11.6. The van der Waals surface area contributed by atoms with E-state index >= 15 is 0 Å². The van der Waals surface area contributed by atoms with E-state index in [1.165, 1.54) is 0 Å². The lowest BCUT2D eigenvalue weighted by molar-refractivity contribution is -0.139. The Morgan fingerprint density at radius 1 is 1.03 bits per heavy atom. The molecule has 1 atom stereocenters. The first kappa shape index (κ1) is 22.8. The van der Waals surface area contributed by atoms with Crippen molar-refractivity contribution in [3.8, 4) is 11.1 Å². The van der Waals surface area contributed by atoms with E-state index in [0.29, 0.717) is 32.4 Å². The first-order chi connectivity index (χ1) is 16.0. The van der Waals surface area contributed by atoms with Crippen molar-refractivity contribution in [2.75, 3.05) is 19.7 Å². The third-order valence-electron chi connectivity index (χ3n) is 6.73. The SMILES string of the molecule is CC[C@@H](NC(=O)OCC1c2ccccc2-c2ccccc21)C(=O)N1CCC(CC(=O)O)CC1. The predicted octanol–water partition coefficient (Wildman–Crippen LogP) is 4.02. The number of benzene rings is 2. The number of rotatable bonds is 7. The summed E-state index contributed by atoms with van der Waals surface area (Å²) >= 11 is 0. The van der Waals surface area contributed by atoms with Crippen LogP contribution in [0, 0.1) is 5.92 Å². The summed E-state index contributed by atoms with van der Waals surface area (Å²) < 4.78 is 5.58. The van der Waals surface area contributed by atoms with E-state index in [9.17, 15) is 14.4 Å². The van der Waals surface area contributed by atoms with Crippen LogP contribution in [0.25, 0.3) is 11.1 Å². The molecule has 33 heavy (non-hydrogen) atoms. The minimum absolute atomic E-state index is 0.0350. The molecule has 1 saturated heterocycles. The van der Waals surface area contributed by atoms with Crippen LogP contribution in [0.2, 0.25) is 0 Å². The van der Waals surface area contributed by atoms with Crippen molar-refractivity contribution in [3.05, 3.63) is 59.7 Å². The van der Waals surface area contributed by atoms with Crippen LogP contribution in [0.4, 0.5) is 4.79 Å². The van der Waals surface area contributed by atoms with Gasteiger partial charge in [-0.2, -0.15) is 0 Å². The van der Waals surface area contributed by atoms with Crippen molar-refractivity contribution in [2.24, 2.45) is 5.92 Å². The van der Waals surface area contributed by atoms with Gasteiger partial charge in [0.05, 0.1) is 0 Å². The average Bonchev–Trinajstić information content (AvgIpc) is 3.14. The molecule has 1 aliphatic carbocycles. The molecule has 1 fully saturated rings. The lowest BCUT2D eigenvalue weighted by atomic mass is 9.93. The second-order valence-electron chi connectivity index (χ2n) is 8.80. The van der Waals surface area contributed by atoms with E-state index in [0.717, 1.165) is 22.3 Å². The molecule has 1 aliphatic heterocycles. The second-order valence-corrected chi connectivity index (χ2v) is 8.80. The van der Waals surface area contributed by atoms with Gasteiger partial charge in [-0.05, 0) is 47.4 Å². The molecule has 7 nitrogen and oxygen atoms in total. The standard InChI is InChI=1S/C26H30N2O5/c1-2-23(25(31)28-13-11-17(12-14-28)15-24(29)30)27-26(32)33-16-22-20-9-5-3-7-18(20)19-8-4-6-10-21(19)22/h3-10,17,22-23H,2,11-16H2,1H3,(H,27,32)(H,29,30)/t23-/m1/s1. The summed E-state index contributed by atoms with van der Waals surface area (Å²) in [7, 11) is 0. The summed E-state index contributed by atoms with van der Waals surface area (Å²) in [5, 5.41) is 11.7. The molecule has 1 heterocycles. The fraction of sp³-hybridized carbons (Fsp3) is 0.423. The van der Waals surface area contributed by atoms with Crippen LogP contribution in [0.3, 0.4) is 0 Å². The molecule has 2 N–H and O–H groups in total. The molecule has 0 spiro atoms. The maximum Gasteiger partial charge on any atom is 0.407 e. The Kier molecular flexibility index (Phi) is 6.96. The van der Waals surface area contributed by atoms with Crippen LogP contribution in [0.15, 0.2) is 48.5 Å². The molecule has 2 aromatic carbocycles. The zero-order chi connectivity index (χ0) is 23.4. The van der Waals surface area contributed by atoms with E-state index in [2.05, 4.69) is 29.6 Å². The first-order valence-electron chi connectivity index (χ1n) is 11.6. The normalized spacial score (nSPS) is 16.6. The zero-order valence-electron chi connectivity index (χ0n) is 18.8. The van der Waals surface area contributed by atoms with Crippen molar-refractivity contribution in [2.45, 2.75) is 44.6 Å². The van der Waals surface area contributed by atoms with Crippen LogP contribution in [-0.2, 0) is 14.3 Å². The fourth-order valence-electron chi connectivity index (χ4n) is 4.95. The molecule has 174 valence electrons. The number of amides is 2. The highest BCUT2D eigenvalue weighted by atomic mass is 16.5. The quantitative estimate of drug-likeness (QED) is 0.664. The van der Waals surface area contributed by atoms with Gasteiger partial charge < -0.3 is 20.1 Å². The number of hydrogen-bond donors (Lipinski definition) is 2. The summed E-state index contributed by atoms with van der Waals surface area (Å²) in [4.78, 5) is 38.1. The van der Waals surface area contributed by atoms with Gasteiger partial charge in [0.25, 0.3) is 0 Å². The van der Waals surface area contributed by atoms with Gasteiger partial charge in [-0.1, -0.05) is 55.5 Å². The van der Waals surface area contributed by atoms with Crippen molar-refractivity contribution in [1.82, 2.24) is 10.2 Å². The van der Waals surface area contributed by atoms with Gasteiger partial charge in [-0.15, -0.1) is 0 Å². The molecule has 2 aliphatic rings. The van der Waals surface area contributed by atoms with E-state index in [-0.39, 0.29) is 30.8 Å². The molecule has 7 heteroatoms. The van der Waals surface area contributed by atoms with Gasteiger partial charge in [-0.3, -0.25) is 9.59 Å². The predicted molar refractivity (Wildman–Crippen MR) is 124 cm³/mol. The van der Waals surface area contributed by atoms with Crippen molar-refractivity contribution >= 4 is 18.0 Å². The molecule has 0 aromatic heterocycles. The Balaban J connectivity index is 1.33. The summed E-state index contributed by atoms with van der Waals surface area (Å²) in [6, 6.07) is 15.6. The summed E-state index contributed by atoms with van der Waals surface area (Å²) in [5.74, 6) is -0.878. The van der Waals surface area contributed by atoms with Crippen LogP contribution in [-0.4, -0.2) is 53.7 Å².